The number of benzene rings is 2. The molecule has 9 heteroatoms. The van der Waals surface area contributed by atoms with Crippen molar-refractivity contribution < 1.29 is 19.1 Å². The first kappa shape index (κ1) is 21.4. The number of likely N-dealkylation sites (N-methyl/N-ethyl adjacent to an activating group) is 1. The molecule has 2 aliphatic rings. The van der Waals surface area contributed by atoms with Crippen molar-refractivity contribution in [2.45, 2.75) is 0 Å². The Morgan fingerprint density at radius 1 is 1.03 bits per heavy atom. The van der Waals surface area contributed by atoms with E-state index in [1.165, 1.54) is 0 Å². The van der Waals surface area contributed by atoms with Crippen molar-refractivity contribution in [2.75, 3.05) is 51.4 Å². The number of primary amides is 1. The molecule has 2 aliphatic heterocycles. The SMILES string of the molecule is CN1CCOc2cc(-c3cc(C(N)=O)c4[nH]c5cc(C(=O)N6CCOCC6)ccc5c4n3)ccc21. The number of pyridine rings is 1. The summed E-state index contributed by atoms with van der Waals surface area (Å²) in [7, 11) is 2.03. The van der Waals surface area contributed by atoms with E-state index < -0.39 is 5.91 Å². The third-order valence-electron chi connectivity index (χ3n) is 6.72. The molecule has 1 fully saturated rings. The maximum absolute atomic E-state index is 13.0. The summed E-state index contributed by atoms with van der Waals surface area (Å²) in [5.74, 6) is 0.185. The molecular formula is C26H25N5O4. The first-order chi connectivity index (χ1) is 17.0. The smallest absolute Gasteiger partial charge is 0.254 e. The molecule has 4 aromatic rings. The number of aromatic amines is 1. The summed E-state index contributed by atoms with van der Waals surface area (Å²) in [5.41, 5.74) is 11.1. The highest BCUT2D eigenvalue weighted by atomic mass is 16.5. The molecule has 178 valence electrons. The predicted octanol–water partition coefficient (Wildman–Crippen LogP) is 2.78. The first-order valence-corrected chi connectivity index (χ1v) is 11.6. The Morgan fingerprint density at radius 3 is 2.66 bits per heavy atom. The van der Waals surface area contributed by atoms with E-state index in [0.29, 0.717) is 60.8 Å². The molecule has 35 heavy (non-hydrogen) atoms. The monoisotopic (exact) mass is 471 g/mol. The third kappa shape index (κ3) is 3.64. The molecule has 3 N–H and O–H groups in total. The Labute approximate surface area is 201 Å². The molecule has 2 amide bonds. The summed E-state index contributed by atoms with van der Waals surface area (Å²) in [6, 6.07) is 13.1. The number of amides is 2. The number of H-pyrrole nitrogens is 1. The molecule has 6 rings (SSSR count). The van der Waals surface area contributed by atoms with Gasteiger partial charge in [0.1, 0.15) is 12.4 Å². The van der Waals surface area contributed by atoms with Gasteiger partial charge < -0.3 is 30.0 Å². The number of hydrogen-bond donors (Lipinski definition) is 2. The van der Waals surface area contributed by atoms with Crippen molar-refractivity contribution in [3.8, 4) is 17.0 Å². The molecule has 1 saturated heterocycles. The number of rotatable bonds is 3. The zero-order chi connectivity index (χ0) is 24.1. The van der Waals surface area contributed by atoms with Gasteiger partial charge in [-0.2, -0.15) is 0 Å². The fraction of sp³-hybridized carbons (Fsp3) is 0.269. The molecule has 9 nitrogen and oxygen atoms in total. The summed E-state index contributed by atoms with van der Waals surface area (Å²) in [5, 5.41) is 0.817. The molecule has 0 atom stereocenters. The van der Waals surface area contributed by atoms with Crippen molar-refractivity contribution in [2.24, 2.45) is 5.73 Å². The first-order valence-electron chi connectivity index (χ1n) is 11.6. The number of anilines is 1. The van der Waals surface area contributed by atoms with Crippen LogP contribution in [0.25, 0.3) is 33.2 Å². The van der Waals surface area contributed by atoms with Crippen LogP contribution < -0.4 is 15.4 Å². The number of fused-ring (bicyclic) bond motifs is 4. The van der Waals surface area contributed by atoms with Crippen LogP contribution in [0.2, 0.25) is 0 Å². The second-order valence-corrected chi connectivity index (χ2v) is 8.89. The van der Waals surface area contributed by atoms with E-state index in [-0.39, 0.29) is 5.91 Å². The Hall–Kier alpha value is -4.11. The van der Waals surface area contributed by atoms with Crippen LogP contribution >= 0.6 is 0 Å². The molecular weight excluding hydrogens is 446 g/mol. The second kappa shape index (κ2) is 8.28. The molecule has 2 aromatic carbocycles. The van der Waals surface area contributed by atoms with E-state index in [1.807, 2.05) is 37.4 Å². The molecule has 0 aliphatic carbocycles. The van der Waals surface area contributed by atoms with Crippen LogP contribution in [0.15, 0.2) is 42.5 Å². The number of hydrogen-bond acceptors (Lipinski definition) is 6. The largest absolute Gasteiger partial charge is 0.490 e. The summed E-state index contributed by atoms with van der Waals surface area (Å²) in [4.78, 5) is 37.5. The van der Waals surface area contributed by atoms with Crippen molar-refractivity contribution >= 4 is 39.4 Å². The van der Waals surface area contributed by atoms with Gasteiger partial charge in [0.25, 0.3) is 11.8 Å². The van der Waals surface area contributed by atoms with Gasteiger partial charge in [0.2, 0.25) is 0 Å². The van der Waals surface area contributed by atoms with Gasteiger partial charge in [-0.05, 0) is 36.4 Å². The molecule has 0 unspecified atom stereocenters. The van der Waals surface area contributed by atoms with Crippen LogP contribution in [-0.4, -0.2) is 73.2 Å². The van der Waals surface area contributed by atoms with Crippen LogP contribution in [0.5, 0.6) is 5.75 Å². The normalized spacial score (nSPS) is 15.8. The van der Waals surface area contributed by atoms with E-state index in [0.717, 1.165) is 34.4 Å². The maximum atomic E-state index is 13.0. The minimum absolute atomic E-state index is 0.0448. The van der Waals surface area contributed by atoms with E-state index >= 15 is 0 Å². The number of aromatic nitrogens is 2. The van der Waals surface area contributed by atoms with Crippen molar-refractivity contribution in [3.63, 3.8) is 0 Å². The Balaban J connectivity index is 1.46. The summed E-state index contributed by atoms with van der Waals surface area (Å²) in [6.45, 7) is 3.66. The summed E-state index contributed by atoms with van der Waals surface area (Å²) in [6.07, 6.45) is 0. The van der Waals surface area contributed by atoms with Crippen LogP contribution in [-0.2, 0) is 4.74 Å². The van der Waals surface area contributed by atoms with Gasteiger partial charge in [0.05, 0.1) is 47.7 Å². The van der Waals surface area contributed by atoms with Crippen LogP contribution in [0.3, 0.4) is 0 Å². The van der Waals surface area contributed by atoms with Gasteiger partial charge in [-0.15, -0.1) is 0 Å². The highest BCUT2D eigenvalue weighted by Gasteiger charge is 2.22. The molecule has 0 saturated carbocycles. The number of nitrogens with one attached hydrogen (secondary N) is 1. The lowest BCUT2D eigenvalue weighted by molar-refractivity contribution is 0.0303. The molecule has 2 aromatic heterocycles. The number of nitrogens with two attached hydrogens (primary N) is 1. The number of nitrogens with zero attached hydrogens (tertiary/aromatic N) is 3. The van der Waals surface area contributed by atoms with E-state index in [2.05, 4.69) is 9.88 Å². The lowest BCUT2D eigenvalue weighted by Crippen LogP contribution is -2.40. The molecule has 0 spiro atoms. The van der Waals surface area contributed by atoms with Crippen LogP contribution in [0.4, 0.5) is 5.69 Å². The Kier molecular flexibility index (Phi) is 5.07. The second-order valence-electron chi connectivity index (χ2n) is 8.89. The quantitative estimate of drug-likeness (QED) is 0.475. The van der Waals surface area contributed by atoms with Gasteiger partial charge in [-0.25, -0.2) is 4.98 Å². The minimum atomic E-state index is -0.552. The highest BCUT2D eigenvalue weighted by Crippen LogP contribution is 2.36. The van der Waals surface area contributed by atoms with E-state index in [4.69, 9.17) is 20.2 Å². The average Bonchev–Trinajstić information content (AvgIpc) is 3.25. The molecule has 4 heterocycles. The van der Waals surface area contributed by atoms with Crippen molar-refractivity contribution in [1.82, 2.24) is 14.9 Å². The van der Waals surface area contributed by atoms with Crippen molar-refractivity contribution in [3.05, 3.63) is 53.6 Å². The fourth-order valence-corrected chi connectivity index (χ4v) is 4.80. The molecule has 0 bridgehead atoms. The standard InChI is InChI=1S/C26H25N5O4/c1-30-6-11-35-22-13-15(3-5-21(22)30)19-14-18(25(27)32)24-23(28-19)17-4-2-16(12-20(17)29-24)26(33)31-7-9-34-10-8-31/h2-5,12-14,29H,6-11H2,1H3,(H2,27,32). The average molecular weight is 472 g/mol. The van der Waals surface area contributed by atoms with Crippen LogP contribution in [0, 0.1) is 0 Å². The maximum Gasteiger partial charge on any atom is 0.254 e. The summed E-state index contributed by atoms with van der Waals surface area (Å²) < 4.78 is 11.2. The molecule has 0 radical (unpaired) electrons. The third-order valence-corrected chi connectivity index (χ3v) is 6.72. The van der Waals surface area contributed by atoms with Gasteiger partial charge in [0.15, 0.2) is 0 Å². The summed E-state index contributed by atoms with van der Waals surface area (Å²) >= 11 is 0. The van der Waals surface area contributed by atoms with E-state index in [1.54, 1.807) is 17.0 Å². The Bertz CT molecular complexity index is 1490. The zero-order valence-corrected chi connectivity index (χ0v) is 19.3. The van der Waals surface area contributed by atoms with Gasteiger partial charge >= 0.3 is 0 Å². The van der Waals surface area contributed by atoms with Gasteiger partial charge in [0, 0.05) is 42.2 Å². The van der Waals surface area contributed by atoms with Crippen molar-refractivity contribution in [1.29, 1.82) is 0 Å². The lowest BCUT2D eigenvalue weighted by atomic mass is 10.0. The highest BCUT2D eigenvalue weighted by molar-refractivity contribution is 6.14. The fourth-order valence-electron chi connectivity index (χ4n) is 4.80. The van der Waals surface area contributed by atoms with Crippen LogP contribution in [0.1, 0.15) is 20.7 Å². The van der Waals surface area contributed by atoms with E-state index in [9.17, 15) is 9.59 Å². The topological polar surface area (TPSA) is 114 Å². The predicted molar refractivity (Wildman–Crippen MR) is 133 cm³/mol. The zero-order valence-electron chi connectivity index (χ0n) is 19.3. The number of morpholine rings is 1. The number of ether oxygens (including phenoxy) is 2. The number of carbonyl (C=O) groups is 2. The van der Waals surface area contributed by atoms with Gasteiger partial charge in [-0.1, -0.05) is 6.07 Å². The number of carbonyl (C=O) groups excluding carboxylic acids is 2. The lowest BCUT2D eigenvalue weighted by Gasteiger charge is -2.27. The van der Waals surface area contributed by atoms with Gasteiger partial charge in [-0.3, -0.25) is 9.59 Å². The minimum Gasteiger partial charge on any atom is -0.490 e. The Morgan fingerprint density at radius 2 is 1.86 bits per heavy atom.